The molecule has 3 rings (SSSR count). The Balaban J connectivity index is 1.80. The number of amides is 1. The number of aromatic nitrogens is 2. The SMILES string of the molecule is CNC(=O)[C@@H]1CCC[N+]1(C)S(=O)(=O)Nc1cc(Cl)nc(SCc2ccccc2)n1. The van der Waals surface area contributed by atoms with Gasteiger partial charge in [0.05, 0.1) is 13.6 Å². The van der Waals surface area contributed by atoms with Gasteiger partial charge < -0.3 is 5.32 Å². The molecule has 0 bridgehead atoms. The lowest BCUT2D eigenvalue weighted by molar-refractivity contribution is -0.787. The molecule has 1 unspecified atom stereocenters. The van der Waals surface area contributed by atoms with Crippen molar-refractivity contribution in [3.05, 3.63) is 47.1 Å². The molecule has 1 aliphatic rings. The fraction of sp³-hybridized carbons (Fsp3) is 0.389. The zero-order chi connectivity index (χ0) is 21.1. The number of likely N-dealkylation sites (N-methyl/N-ethyl adjacent to an activating group) is 2. The molecule has 1 amide bonds. The summed E-state index contributed by atoms with van der Waals surface area (Å²) >= 11 is 7.45. The summed E-state index contributed by atoms with van der Waals surface area (Å²) in [5, 5.41) is 3.06. The van der Waals surface area contributed by atoms with E-state index in [-0.39, 0.29) is 16.9 Å². The van der Waals surface area contributed by atoms with Crippen molar-refractivity contribution in [2.75, 3.05) is 25.4 Å². The number of quaternary nitrogens is 1. The maximum Gasteiger partial charge on any atom is 0.395 e. The van der Waals surface area contributed by atoms with E-state index in [0.29, 0.717) is 30.3 Å². The summed E-state index contributed by atoms with van der Waals surface area (Å²) in [7, 11) is -0.899. The molecule has 0 radical (unpaired) electrons. The van der Waals surface area contributed by atoms with Crippen molar-refractivity contribution < 1.29 is 17.1 Å². The highest BCUT2D eigenvalue weighted by Crippen LogP contribution is 2.31. The molecule has 2 N–H and O–H groups in total. The summed E-state index contributed by atoms with van der Waals surface area (Å²) in [4.78, 5) is 20.6. The van der Waals surface area contributed by atoms with E-state index in [2.05, 4.69) is 20.0 Å². The van der Waals surface area contributed by atoms with Crippen molar-refractivity contribution in [3.63, 3.8) is 0 Å². The Bertz CT molecular complexity index is 990. The zero-order valence-electron chi connectivity index (χ0n) is 16.1. The van der Waals surface area contributed by atoms with Crippen LogP contribution in [0.1, 0.15) is 18.4 Å². The number of likely N-dealkylation sites (tertiary alicyclic amines) is 1. The van der Waals surface area contributed by atoms with Gasteiger partial charge in [-0.25, -0.2) is 14.7 Å². The number of hydrogen-bond donors (Lipinski definition) is 2. The summed E-state index contributed by atoms with van der Waals surface area (Å²) in [6, 6.07) is 10.5. The van der Waals surface area contributed by atoms with E-state index in [9.17, 15) is 13.2 Å². The molecular weight excluding hydrogens is 434 g/mol. The first-order valence-electron chi connectivity index (χ1n) is 9.06. The Labute approximate surface area is 179 Å². The van der Waals surface area contributed by atoms with Crippen LogP contribution in [0.4, 0.5) is 5.82 Å². The number of halogens is 1. The van der Waals surface area contributed by atoms with Gasteiger partial charge in [0.25, 0.3) is 5.91 Å². The third-order valence-electron chi connectivity index (χ3n) is 4.96. The van der Waals surface area contributed by atoms with Crippen LogP contribution in [0.5, 0.6) is 0 Å². The van der Waals surface area contributed by atoms with Crippen molar-refractivity contribution in [3.8, 4) is 0 Å². The second-order valence-electron chi connectivity index (χ2n) is 6.88. The fourth-order valence-corrected chi connectivity index (χ4v) is 5.86. The van der Waals surface area contributed by atoms with Gasteiger partial charge in [0.1, 0.15) is 11.0 Å². The number of hydrogen-bond acceptors (Lipinski definition) is 6. The third-order valence-corrected chi connectivity index (χ3v) is 8.07. The molecule has 0 aliphatic carbocycles. The van der Waals surface area contributed by atoms with Gasteiger partial charge in [-0.1, -0.05) is 53.7 Å². The van der Waals surface area contributed by atoms with Crippen LogP contribution >= 0.6 is 23.4 Å². The minimum Gasteiger partial charge on any atom is -0.354 e. The molecule has 1 saturated heterocycles. The van der Waals surface area contributed by atoms with E-state index in [1.54, 1.807) is 7.05 Å². The Morgan fingerprint density at radius 3 is 2.72 bits per heavy atom. The molecule has 156 valence electrons. The van der Waals surface area contributed by atoms with Gasteiger partial charge in [-0.15, -0.1) is 0 Å². The van der Waals surface area contributed by atoms with Gasteiger partial charge in [-0.05, 0) is 5.56 Å². The lowest BCUT2D eigenvalue weighted by atomic mass is 10.2. The Morgan fingerprint density at radius 2 is 2.03 bits per heavy atom. The predicted molar refractivity (Wildman–Crippen MR) is 114 cm³/mol. The molecule has 1 aliphatic heterocycles. The molecule has 11 heteroatoms. The first-order valence-corrected chi connectivity index (χ1v) is 11.9. The first kappa shape index (κ1) is 21.8. The Kier molecular flexibility index (Phi) is 6.67. The lowest BCUT2D eigenvalue weighted by Crippen LogP contribution is -2.59. The van der Waals surface area contributed by atoms with E-state index < -0.39 is 20.1 Å². The number of benzene rings is 1. The van der Waals surface area contributed by atoms with Gasteiger partial charge in [0, 0.05) is 31.7 Å². The van der Waals surface area contributed by atoms with Crippen molar-refractivity contribution >= 4 is 45.3 Å². The average Bonchev–Trinajstić information content (AvgIpc) is 3.09. The second-order valence-corrected chi connectivity index (χ2v) is 10.2. The van der Waals surface area contributed by atoms with E-state index in [1.165, 1.54) is 24.9 Å². The van der Waals surface area contributed by atoms with Crippen LogP contribution in [-0.2, 0) is 20.8 Å². The smallest absolute Gasteiger partial charge is 0.354 e. The molecular formula is C18H23ClN5O3S2+. The molecule has 2 heterocycles. The van der Waals surface area contributed by atoms with Crippen molar-refractivity contribution in [2.45, 2.75) is 29.8 Å². The van der Waals surface area contributed by atoms with E-state index in [1.807, 2.05) is 30.3 Å². The lowest BCUT2D eigenvalue weighted by Gasteiger charge is -2.32. The highest BCUT2D eigenvalue weighted by molar-refractivity contribution is 7.98. The summed E-state index contributed by atoms with van der Waals surface area (Å²) in [6.07, 6.45) is 1.14. The monoisotopic (exact) mass is 456 g/mol. The number of carbonyl (C=O) groups excluding carboxylic acids is 1. The molecule has 29 heavy (non-hydrogen) atoms. The molecule has 0 saturated carbocycles. The Morgan fingerprint density at radius 1 is 1.31 bits per heavy atom. The van der Waals surface area contributed by atoms with Crippen molar-refractivity contribution in [1.82, 2.24) is 15.3 Å². The number of anilines is 1. The molecule has 0 spiro atoms. The minimum absolute atomic E-state index is 0.0856. The number of rotatable bonds is 7. The quantitative estimate of drug-likeness (QED) is 0.287. The van der Waals surface area contributed by atoms with E-state index in [0.717, 1.165) is 5.56 Å². The summed E-state index contributed by atoms with van der Waals surface area (Å²) < 4.78 is 28.3. The first-order chi connectivity index (χ1) is 13.7. The number of carbonyl (C=O) groups is 1. The molecule has 1 aromatic heterocycles. The van der Waals surface area contributed by atoms with Crippen LogP contribution in [0, 0.1) is 0 Å². The van der Waals surface area contributed by atoms with Crippen molar-refractivity contribution in [2.24, 2.45) is 0 Å². The average molecular weight is 457 g/mol. The summed E-state index contributed by atoms with van der Waals surface area (Å²) in [5.41, 5.74) is 1.09. The third kappa shape index (κ3) is 4.82. The number of nitrogens with zero attached hydrogens (tertiary/aromatic N) is 3. The molecule has 2 aromatic rings. The van der Waals surface area contributed by atoms with Crippen LogP contribution in [0.2, 0.25) is 5.15 Å². The Hall–Kier alpha value is -1.88. The van der Waals surface area contributed by atoms with Crippen LogP contribution in [0.25, 0.3) is 0 Å². The summed E-state index contributed by atoms with van der Waals surface area (Å²) in [5.74, 6) is 0.414. The van der Waals surface area contributed by atoms with Crippen LogP contribution in [-0.4, -0.2) is 54.9 Å². The van der Waals surface area contributed by atoms with Crippen LogP contribution in [0.15, 0.2) is 41.6 Å². The van der Waals surface area contributed by atoms with Gasteiger partial charge in [-0.3, -0.25) is 4.79 Å². The number of nitrogens with one attached hydrogen (secondary N) is 2. The van der Waals surface area contributed by atoms with Gasteiger partial charge >= 0.3 is 10.2 Å². The van der Waals surface area contributed by atoms with Crippen LogP contribution < -0.4 is 10.0 Å². The predicted octanol–water partition coefficient (Wildman–Crippen LogP) is 2.43. The highest BCUT2D eigenvalue weighted by Gasteiger charge is 2.52. The van der Waals surface area contributed by atoms with Gasteiger partial charge in [0.2, 0.25) is 0 Å². The topological polar surface area (TPSA) is 101 Å². The molecule has 8 nitrogen and oxygen atoms in total. The van der Waals surface area contributed by atoms with Gasteiger partial charge in [-0.2, -0.15) is 12.3 Å². The summed E-state index contributed by atoms with van der Waals surface area (Å²) in [6.45, 7) is 0.335. The maximum atomic E-state index is 13.1. The van der Waals surface area contributed by atoms with Gasteiger partial charge in [0.15, 0.2) is 11.2 Å². The van der Waals surface area contributed by atoms with E-state index >= 15 is 0 Å². The zero-order valence-corrected chi connectivity index (χ0v) is 18.5. The van der Waals surface area contributed by atoms with E-state index in [4.69, 9.17) is 11.6 Å². The maximum absolute atomic E-state index is 13.1. The fourth-order valence-electron chi connectivity index (χ4n) is 3.33. The normalized spacial score (nSPS) is 21.7. The standard InChI is InChI=1S/C18H22ClN5O3S2/c1-20-17(25)14-9-6-10-24(14,2)29(26,27)23-16-11-15(19)21-18(22-16)28-12-13-7-4-3-5-8-13/h3-5,7-8,11,14H,6,9-10,12H2,1-2H3,(H-,20,21,22,23,25)/p+1/t14-,24?/m0/s1. The molecule has 1 aromatic carbocycles. The van der Waals surface area contributed by atoms with Crippen LogP contribution in [0.3, 0.4) is 0 Å². The van der Waals surface area contributed by atoms with Crippen molar-refractivity contribution in [1.29, 1.82) is 0 Å². The molecule has 2 atom stereocenters. The second kappa shape index (κ2) is 8.86. The molecule has 1 fully saturated rings. The number of thioether (sulfide) groups is 1. The highest BCUT2D eigenvalue weighted by atomic mass is 35.5. The largest absolute Gasteiger partial charge is 0.395 e. The minimum atomic E-state index is -3.95.